The van der Waals surface area contributed by atoms with E-state index >= 15 is 0 Å². The number of nitrogens with one attached hydrogen (secondary N) is 1. The van der Waals surface area contributed by atoms with Gasteiger partial charge < -0.3 is 9.88 Å². The van der Waals surface area contributed by atoms with Crippen LogP contribution in [-0.4, -0.2) is 11.8 Å². The van der Waals surface area contributed by atoms with Gasteiger partial charge in [-0.1, -0.05) is 175 Å². The molecule has 0 atom stereocenters. The summed E-state index contributed by atoms with van der Waals surface area (Å²) < 4.78 is 2.66. The van der Waals surface area contributed by atoms with E-state index < -0.39 is 0 Å². The summed E-state index contributed by atoms with van der Waals surface area (Å²) in [5.74, 6) is 0. The van der Waals surface area contributed by atoms with Gasteiger partial charge in [0, 0.05) is 55.1 Å². The van der Waals surface area contributed by atoms with E-state index in [0.29, 0.717) is 0 Å². The molecular formula is C68H61BN2. The molecule has 2 heterocycles. The molecule has 4 aliphatic rings. The molecule has 2 nitrogen and oxygen atoms in total. The predicted octanol–water partition coefficient (Wildman–Crippen LogP) is 16.3. The summed E-state index contributed by atoms with van der Waals surface area (Å²) in [6.07, 6.45) is 2.39. The summed E-state index contributed by atoms with van der Waals surface area (Å²) in [5, 5.41) is 9.27. The molecule has 9 aromatic carbocycles. The Bertz CT molecular complexity index is 4000. The summed E-state index contributed by atoms with van der Waals surface area (Å²) in [7, 11) is 0.837. The summed E-state index contributed by atoms with van der Waals surface area (Å²) >= 11 is 0. The first-order chi connectivity index (χ1) is 34.0. The SMILES string of the molecule is Cc1ccc(Nc2cc3c(cc2-c2cc(-c4ccc5c(c4)C(C)(C)c4ccccc4-5)c4c5ccc6ccccc6c5n5c4c2Bc2cc(C)ccc2-5)-c2cc4c(cc2C3(C)C)C(C)(C)CCC4(C)C)cc1. The number of benzene rings is 9. The largest absolute Gasteiger partial charge is 0.355 e. The standard InChI is InChI=1S/C68H61BN2/c1-38-19-24-42(25-20-38)70-59-37-55-48(49-35-56-57(36-54(49)68(55,9)10)66(5,6)30-29-65(56,3)4)34-50(59)51-33-47(41-23-26-45-44-17-13-14-18-52(44)67(7,8)53(45)32-41)61-46-27-22-40-15-11-12-16-43(40)63(46)71-60-28-21-39(2)31-58(60)69-62(51)64(61)71/h11-28,31-37,69-70H,29-30H2,1-10H3. The lowest BCUT2D eigenvalue weighted by Gasteiger charge is -2.42. The van der Waals surface area contributed by atoms with Gasteiger partial charge in [0.25, 0.3) is 0 Å². The number of aromatic nitrogens is 1. The van der Waals surface area contributed by atoms with Crippen LogP contribution in [0.5, 0.6) is 0 Å². The zero-order valence-electron chi connectivity index (χ0n) is 43.0. The van der Waals surface area contributed by atoms with Crippen molar-refractivity contribution in [3.05, 3.63) is 196 Å². The van der Waals surface area contributed by atoms with Crippen LogP contribution >= 0.6 is 0 Å². The van der Waals surface area contributed by atoms with Gasteiger partial charge in [0.2, 0.25) is 0 Å². The van der Waals surface area contributed by atoms with Gasteiger partial charge in [-0.2, -0.15) is 0 Å². The molecule has 14 rings (SSSR count). The van der Waals surface area contributed by atoms with E-state index in [1.165, 1.54) is 151 Å². The average Bonchev–Trinajstić information content (AvgIpc) is 3.91. The lowest BCUT2D eigenvalue weighted by Crippen LogP contribution is -2.37. The maximum Gasteiger partial charge on any atom is 0.198 e. The van der Waals surface area contributed by atoms with Crippen LogP contribution in [0.15, 0.2) is 152 Å². The highest BCUT2D eigenvalue weighted by Crippen LogP contribution is 2.57. The average molecular weight is 917 g/mol. The maximum absolute atomic E-state index is 4.09. The Balaban J connectivity index is 1.13. The Morgan fingerprint density at radius 2 is 1.10 bits per heavy atom. The van der Waals surface area contributed by atoms with Crippen LogP contribution in [-0.2, 0) is 21.7 Å². The summed E-state index contributed by atoms with van der Waals surface area (Å²) in [5.41, 5.74) is 30.5. The molecule has 0 amide bonds. The number of hydrogen-bond donors (Lipinski definition) is 1. The van der Waals surface area contributed by atoms with Crippen LogP contribution in [0.1, 0.15) is 113 Å². The topological polar surface area (TPSA) is 17.0 Å². The molecule has 346 valence electrons. The van der Waals surface area contributed by atoms with Crippen LogP contribution in [0, 0.1) is 13.8 Å². The maximum atomic E-state index is 4.09. The molecular weight excluding hydrogens is 856 g/mol. The van der Waals surface area contributed by atoms with Crippen molar-refractivity contribution in [3.63, 3.8) is 0 Å². The minimum atomic E-state index is -0.193. The molecule has 0 fully saturated rings. The minimum Gasteiger partial charge on any atom is -0.355 e. The Kier molecular flexibility index (Phi) is 8.60. The Morgan fingerprint density at radius 1 is 0.451 bits per heavy atom. The molecule has 3 aliphatic carbocycles. The van der Waals surface area contributed by atoms with Gasteiger partial charge in [-0.15, -0.1) is 0 Å². The number of fused-ring (bicyclic) bond motifs is 14. The van der Waals surface area contributed by atoms with Crippen molar-refractivity contribution in [2.24, 2.45) is 0 Å². The molecule has 1 aromatic heterocycles. The van der Waals surface area contributed by atoms with Gasteiger partial charge in [0.05, 0.1) is 5.52 Å². The zero-order valence-corrected chi connectivity index (χ0v) is 43.0. The quantitative estimate of drug-likeness (QED) is 0.174. The monoisotopic (exact) mass is 916 g/mol. The van der Waals surface area contributed by atoms with Crippen LogP contribution in [0.3, 0.4) is 0 Å². The van der Waals surface area contributed by atoms with E-state index in [2.05, 4.69) is 231 Å². The van der Waals surface area contributed by atoms with Gasteiger partial charge in [0.15, 0.2) is 7.28 Å². The van der Waals surface area contributed by atoms with Crippen molar-refractivity contribution in [1.29, 1.82) is 0 Å². The molecule has 0 radical (unpaired) electrons. The van der Waals surface area contributed by atoms with E-state index in [0.717, 1.165) is 18.7 Å². The van der Waals surface area contributed by atoms with Gasteiger partial charge in [-0.3, -0.25) is 0 Å². The molecule has 1 N–H and O–H groups in total. The number of aryl methyl sites for hydroxylation is 2. The highest BCUT2D eigenvalue weighted by Gasteiger charge is 2.44. The second kappa shape index (κ2) is 14.3. The molecule has 71 heavy (non-hydrogen) atoms. The minimum absolute atomic E-state index is 0.0988. The lowest BCUT2D eigenvalue weighted by atomic mass is 9.58. The van der Waals surface area contributed by atoms with Gasteiger partial charge in [-0.25, -0.2) is 0 Å². The van der Waals surface area contributed by atoms with E-state index in [1.54, 1.807) is 0 Å². The third-order valence-corrected chi connectivity index (χ3v) is 18.2. The number of rotatable bonds is 4. The number of hydrogen-bond acceptors (Lipinski definition) is 1. The normalized spacial score (nSPS) is 16.8. The van der Waals surface area contributed by atoms with Gasteiger partial charge in [0.1, 0.15) is 0 Å². The lowest BCUT2D eigenvalue weighted by molar-refractivity contribution is 0.331. The van der Waals surface area contributed by atoms with Crippen LogP contribution in [0.2, 0.25) is 0 Å². The molecule has 0 spiro atoms. The molecule has 0 saturated carbocycles. The second-order valence-corrected chi connectivity index (χ2v) is 24.2. The highest BCUT2D eigenvalue weighted by molar-refractivity contribution is 6.73. The fourth-order valence-corrected chi connectivity index (χ4v) is 14.0. The Morgan fingerprint density at radius 3 is 1.90 bits per heavy atom. The predicted molar refractivity (Wildman–Crippen MR) is 305 cm³/mol. The smallest absolute Gasteiger partial charge is 0.198 e. The molecule has 0 bridgehead atoms. The fraction of sp³-hybridized carbons (Fsp3) is 0.235. The molecule has 3 heteroatoms. The van der Waals surface area contributed by atoms with Crippen LogP contribution in [0.4, 0.5) is 11.4 Å². The van der Waals surface area contributed by atoms with E-state index in [-0.39, 0.29) is 21.7 Å². The second-order valence-electron chi connectivity index (χ2n) is 24.2. The van der Waals surface area contributed by atoms with Crippen molar-refractivity contribution < 1.29 is 0 Å². The third kappa shape index (κ3) is 5.90. The van der Waals surface area contributed by atoms with Crippen molar-refractivity contribution >= 4 is 62.2 Å². The summed E-state index contributed by atoms with van der Waals surface area (Å²) in [6, 6.07) is 59.3. The van der Waals surface area contributed by atoms with Crippen molar-refractivity contribution in [1.82, 2.24) is 4.57 Å². The van der Waals surface area contributed by atoms with Crippen molar-refractivity contribution in [3.8, 4) is 50.2 Å². The molecule has 1 aliphatic heterocycles. The third-order valence-electron chi connectivity index (χ3n) is 18.2. The highest BCUT2D eigenvalue weighted by atomic mass is 15.0. The molecule has 0 unspecified atom stereocenters. The van der Waals surface area contributed by atoms with E-state index in [9.17, 15) is 0 Å². The number of nitrogens with zero attached hydrogens (tertiary/aromatic N) is 1. The van der Waals surface area contributed by atoms with Gasteiger partial charge >= 0.3 is 0 Å². The van der Waals surface area contributed by atoms with Crippen LogP contribution in [0.25, 0.3) is 82.8 Å². The first-order valence-corrected chi connectivity index (χ1v) is 26.1. The zero-order chi connectivity index (χ0) is 48.7. The molecule has 10 aromatic rings. The first kappa shape index (κ1) is 42.8. The van der Waals surface area contributed by atoms with Crippen molar-refractivity contribution in [2.45, 2.75) is 104 Å². The summed E-state index contributed by atoms with van der Waals surface area (Å²) in [4.78, 5) is 0. The Hall–Kier alpha value is -7.10. The van der Waals surface area contributed by atoms with Crippen LogP contribution < -0.4 is 16.2 Å². The van der Waals surface area contributed by atoms with Gasteiger partial charge in [-0.05, 0) is 169 Å². The molecule has 0 saturated heterocycles. The summed E-state index contributed by atoms with van der Waals surface area (Å²) in [6.45, 7) is 24.0. The van der Waals surface area contributed by atoms with E-state index in [4.69, 9.17) is 0 Å². The van der Waals surface area contributed by atoms with Crippen molar-refractivity contribution in [2.75, 3.05) is 5.32 Å². The Labute approximate surface area is 420 Å². The number of anilines is 2. The first-order valence-electron chi connectivity index (χ1n) is 26.1. The van der Waals surface area contributed by atoms with E-state index in [1.807, 2.05) is 0 Å². The fourth-order valence-electron chi connectivity index (χ4n) is 14.0.